The SMILES string of the molecule is O=C(Nc1ccccc1C(=O)N1CCCC1)c1cccc(CN2CCOCC2)c1. The molecule has 2 aliphatic rings. The fourth-order valence-corrected chi connectivity index (χ4v) is 3.89. The summed E-state index contributed by atoms with van der Waals surface area (Å²) in [7, 11) is 0. The first kappa shape index (κ1) is 19.6. The average Bonchev–Trinajstić information content (AvgIpc) is 3.29. The molecular formula is C23H27N3O3. The minimum absolute atomic E-state index is 0.0144. The fraction of sp³-hybridized carbons (Fsp3) is 0.391. The Morgan fingerprint density at radius 2 is 1.69 bits per heavy atom. The van der Waals surface area contributed by atoms with Gasteiger partial charge in [0.05, 0.1) is 24.5 Å². The van der Waals surface area contributed by atoms with E-state index in [1.165, 1.54) is 0 Å². The third kappa shape index (κ3) is 4.83. The summed E-state index contributed by atoms with van der Waals surface area (Å²) < 4.78 is 5.40. The molecule has 4 rings (SSSR count). The molecule has 1 N–H and O–H groups in total. The van der Waals surface area contributed by atoms with Crippen LogP contribution in [-0.2, 0) is 11.3 Å². The molecule has 0 aliphatic carbocycles. The third-order valence-corrected chi connectivity index (χ3v) is 5.50. The number of amides is 2. The van der Waals surface area contributed by atoms with E-state index in [1.54, 1.807) is 12.1 Å². The smallest absolute Gasteiger partial charge is 0.255 e. The molecule has 0 aromatic heterocycles. The van der Waals surface area contributed by atoms with Crippen LogP contribution in [0.3, 0.4) is 0 Å². The minimum atomic E-state index is -0.199. The molecule has 0 saturated carbocycles. The number of rotatable bonds is 5. The lowest BCUT2D eigenvalue weighted by atomic mass is 10.1. The molecule has 6 nitrogen and oxygen atoms in total. The molecule has 152 valence electrons. The first-order chi connectivity index (χ1) is 14.2. The summed E-state index contributed by atoms with van der Waals surface area (Å²) in [5.74, 6) is -0.213. The summed E-state index contributed by atoms with van der Waals surface area (Å²) >= 11 is 0. The van der Waals surface area contributed by atoms with Crippen molar-refractivity contribution in [3.8, 4) is 0 Å². The Morgan fingerprint density at radius 1 is 0.931 bits per heavy atom. The van der Waals surface area contributed by atoms with E-state index in [-0.39, 0.29) is 11.8 Å². The van der Waals surface area contributed by atoms with Gasteiger partial charge in [-0.25, -0.2) is 0 Å². The number of likely N-dealkylation sites (tertiary alicyclic amines) is 1. The normalized spacial score (nSPS) is 17.3. The molecule has 6 heteroatoms. The van der Waals surface area contributed by atoms with Crippen LogP contribution in [-0.4, -0.2) is 61.0 Å². The second-order valence-corrected chi connectivity index (χ2v) is 7.59. The highest BCUT2D eigenvalue weighted by molar-refractivity contribution is 6.09. The fourth-order valence-electron chi connectivity index (χ4n) is 3.89. The van der Waals surface area contributed by atoms with E-state index in [0.717, 1.165) is 64.3 Å². The van der Waals surface area contributed by atoms with Crippen molar-refractivity contribution in [2.45, 2.75) is 19.4 Å². The molecule has 2 aliphatic heterocycles. The second-order valence-electron chi connectivity index (χ2n) is 7.59. The molecule has 2 aromatic rings. The number of hydrogen-bond donors (Lipinski definition) is 1. The van der Waals surface area contributed by atoms with E-state index in [0.29, 0.717) is 16.8 Å². The number of para-hydroxylation sites is 1. The van der Waals surface area contributed by atoms with Gasteiger partial charge < -0.3 is 15.0 Å². The number of ether oxygens (including phenoxy) is 1. The molecule has 2 fully saturated rings. The van der Waals surface area contributed by atoms with Crippen LogP contribution < -0.4 is 5.32 Å². The lowest BCUT2D eigenvalue weighted by molar-refractivity contribution is 0.0342. The third-order valence-electron chi connectivity index (χ3n) is 5.50. The predicted octanol–water partition coefficient (Wildman–Crippen LogP) is 3.01. The zero-order valence-corrected chi connectivity index (χ0v) is 16.6. The molecule has 0 atom stereocenters. The van der Waals surface area contributed by atoms with Crippen molar-refractivity contribution in [3.63, 3.8) is 0 Å². The quantitative estimate of drug-likeness (QED) is 0.848. The number of benzene rings is 2. The number of nitrogens with one attached hydrogen (secondary N) is 1. The molecule has 0 radical (unpaired) electrons. The Labute approximate surface area is 171 Å². The van der Waals surface area contributed by atoms with Gasteiger partial charge in [-0.15, -0.1) is 0 Å². The van der Waals surface area contributed by atoms with E-state index in [9.17, 15) is 9.59 Å². The van der Waals surface area contributed by atoms with Gasteiger partial charge in [-0.2, -0.15) is 0 Å². The van der Waals surface area contributed by atoms with Gasteiger partial charge >= 0.3 is 0 Å². The van der Waals surface area contributed by atoms with Crippen LogP contribution in [0.15, 0.2) is 48.5 Å². The minimum Gasteiger partial charge on any atom is -0.379 e. The van der Waals surface area contributed by atoms with Crippen LogP contribution in [0.1, 0.15) is 39.1 Å². The van der Waals surface area contributed by atoms with Crippen LogP contribution in [0.4, 0.5) is 5.69 Å². The van der Waals surface area contributed by atoms with Crippen LogP contribution in [0.5, 0.6) is 0 Å². The van der Waals surface area contributed by atoms with E-state index >= 15 is 0 Å². The number of morpholine rings is 1. The summed E-state index contributed by atoms with van der Waals surface area (Å²) in [4.78, 5) is 29.9. The summed E-state index contributed by atoms with van der Waals surface area (Å²) in [5.41, 5.74) is 2.81. The summed E-state index contributed by atoms with van der Waals surface area (Å²) in [6.07, 6.45) is 2.08. The van der Waals surface area contributed by atoms with Gasteiger partial charge in [0.1, 0.15) is 0 Å². The van der Waals surface area contributed by atoms with Crippen LogP contribution in [0, 0.1) is 0 Å². The van der Waals surface area contributed by atoms with Gasteiger partial charge in [0, 0.05) is 38.3 Å². The van der Waals surface area contributed by atoms with Crippen LogP contribution in [0.2, 0.25) is 0 Å². The highest BCUT2D eigenvalue weighted by Crippen LogP contribution is 2.21. The molecule has 2 amide bonds. The lowest BCUT2D eigenvalue weighted by Gasteiger charge is -2.26. The van der Waals surface area contributed by atoms with Gasteiger partial charge in [0.15, 0.2) is 0 Å². The maximum absolute atomic E-state index is 12.9. The number of anilines is 1. The Bertz CT molecular complexity index is 871. The standard InChI is InChI=1S/C23H27N3O3/c27-22(19-7-5-6-18(16-19)17-25-12-14-29-15-13-25)24-21-9-2-1-8-20(21)23(28)26-10-3-4-11-26/h1-2,5-9,16H,3-4,10-15,17H2,(H,24,27). The molecule has 2 saturated heterocycles. The Kier molecular flexibility index (Phi) is 6.22. The topological polar surface area (TPSA) is 61.9 Å². The Hall–Kier alpha value is -2.70. The zero-order chi connectivity index (χ0) is 20.1. The molecule has 2 aromatic carbocycles. The lowest BCUT2D eigenvalue weighted by Crippen LogP contribution is -2.35. The molecule has 29 heavy (non-hydrogen) atoms. The zero-order valence-electron chi connectivity index (χ0n) is 16.6. The van der Waals surface area contributed by atoms with Gasteiger partial charge in [-0.05, 0) is 42.7 Å². The van der Waals surface area contributed by atoms with E-state index in [1.807, 2.05) is 41.3 Å². The number of nitrogens with zero attached hydrogens (tertiary/aromatic N) is 2. The summed E-state index contributed by atoms with van der Waals surface area (Å²) in [6.45, 7) is 5.68. The molecule has 0 bridgehead atoms. The van der Waals surface area contributed by atoms with Crippen molar-refractivity contribution < 1.29 is 14.3 Å². The first-order valence-electron chi connectivity index (χ1n) is 10.3. The number of carbonyl (C=O) groups is 2. The van der Waals surface area contributed by atoms with E-state index in [4.69, 9.17) is 4.74 Å². The Balaban J connectivity index is 1.47. The number of carbonyl (C=O) groups excluding carboxylic acids is 2. The number of hydrogen-bond acceptors (Lipinski definition) is 4. The maximum Gasteiger partial charge on any atom is 0.255 e. The van der Waals surface area contributed by atoms with Gasteiger partial charge in [0.25, 0.3) is 11.8 Å². The largest absolute Gasteiger partial charge is 0.379 e. The van der Waals surface area contributed by atoms with Gasteiger partial charge in [-0.3, -0.25) is 14.5 Å². The van der Waals surface area contributed by atoms with Gasteiger partial charge in [0.2, 0.25) is 0 Å². The summed E-state index contributed by atoms with van der Waals surface area (Å²) in [5, 5.41) is 2.94. The van der Waals surface area contributed by atoms with Crippen LogP contribution >= 0.6 is 0 Å². The first-order valence-corrected chi connectivity index (χ1v) is 10.3. The maximum atomic E-state index is 12.9. The monoisotopic (exact) mass is 393 g/mol. The van der Waals surface area contributed by atoms with E-state index in [2.05, 4.69) is 10.2 Å². The average molecular weight is 393 g/mol. The van der Waals surface area contributed by atoms with Crippen molar-refractivity contribution in [2.24, 2.45) is 0 Å². The van der Waals surface area contributed by atoms with Gasteiger partial charge in [-0.1, -0.05) is 24.3 Å². The summed E-state index contributed by atoms with van der Waals surface area (Å²) in [6, 6.07) is 14.9. The molecule has 0 spiro atoms. The highest BCUT2D eigenvalue weighted by Gasteiger charge is 2.22. The highest BCUT2D eigenvalue weighted by atomic mass is 16.5. The van der Waals surface area contributed by atoms with Crippen molar-refractivity contribution in [1.29, 1.82) is 0 Å². The predicted molar refractivity (Wildman–Crippen MR) is 112 cm³/mol. The molecule has 0 unspecified atom stereocenters. The van der Waals surface area contributed by atoms with Crippen LogP contribution in [0.25, 0.3) is 0 Å². The second kappa shape index (κ2) is 9.20. The van der Waals surface area contributed by atoms with Crippen molar-refractivity contribution in [3.05, 3.63) is 65.2 Å². The van der Waals surface area contributed by atoms with Crippen molar-refractivity contribution >= 4 is 17.5 Å². The Morgan fingerprint density at radius 3 is 2.48 bits per heavy atom. The van der Waals surface area contributed by atoms with Crippen molar-refractivity contribution in [2.75, 3.05) is 44.7 Å². The molecular weight excluding hydrogens is 366 g/mol. The van der Waals surface area contributed by atoms with Crippen molar-refractivity contribution in [1.82, 2.24) is 9.80 Å². The van der Waals surface area contributed by atoms with E-state index < -0.39 is 0 Å². The molecule has 2 heterocycles.